The Labute approximate surface area is 100 Å². The number of aromatic nitrogens is 2. The van der Waals surface area contributed by atoms with E-state index < -0.39 is 0 Å². The maximum atomic E-state index is 6.17. The van der Waals surface area contributed by atoms with E-state index in [0.717, 1.165) is 29.7 Å². The van der Waals surface area contributed by atoms with Crippen LogP contribution < -0.4 is 5.73 Å². The van der Waals surface area contributed by atoms with Crippen molar-refractivity contribution in [2.45, 2.75) is 26.7 Å². The molecule has 0 radical (unpaired) electrons. The van der Waals surface area contributed by atoms with Gasteiger partial charge in [0.2, 0.25) is 0 Å². The largest absolute Gasteiger partial charge is 0.330 e. The van der Waals surface area contributed by atoms with Gasteiger partial charge in [0, 0.05) is 11.9 Å². The summed E-state index contributed by atoms with van der Waals surface area (Å²) in [5.74, 6) is 0. The zero-order valence-corrected chi connectivity index (χ0v) is 10.4. The van der Waals surface area contributed by atoms with Crippen LogP contribution in [0.15, 0.2) is 12.3 Å². The first-order chi connectivity index (χ1) is 7.63. The second-order valence-electron chi connectivity index (χ2n) is 4.10. The normalized spacial score (nSPS) is 11.2. The molecule has 86 valence electrons. The molecule has 2 heterocycles. The maximum absolute atomic E-state index is 6.17. The highest BCUT2D eigenvalue weighted by Crippen LogP contribution is 2.22. The third kappa shape index (κ3) is 1.93. The molecule has 0 amide bonds. The van der Waals surface area contributed by atoms with Crippen molar-refractivity contribution in [3.8, 4) is 0 Å². The van der Waals surface area contributed by atoms with Gasteiger partial charge in [0.05, 0.1) is 10.7 Å². The molecule has 16 heavy (non-hydrogen) atoms. The number of hydrogen-bond acceptors (Lipinski definition) is 2. The topological polar surface area (TPSA) is 43.3 Å². The van der Waals surface area contributed by atoms with Crippen molar-refractivity contribution in [1.82, 2.24) is 9.38 Å². The summed E-state index contributed by atoms with van der Waals surface area (Å²) < 4.78 is 2.09. The molecule has 2 aromatic heterocycles. The second kappa shape index (κ2) is 4.44. The molecule has 2 rings (SSSR count). The van der Waals surface area contributed by atoms with Gasteiger partial charge in [0.1, 0.15) is 0 Å². The average Bonchev–Trinajstić information content (AvgIpc) is 2.53. The summed E-state index contributed by atoms with van der Waals surface area (Å²) in [6.45, 7) is 4.75. The summed E-state index contributed by atoms with van der Waals surface area (Å²) in [4.78, 5) is 4.50. The Balaban J connectivity index is 2.59. The number of nitrogens with two attached hydrogens (primary N) is 1. The van der Waals surface area contributed by atoms with Crippen molar-refractivity contribution in [3.63, 3.8) is 0 Å². The van der Waals surface area contributed by atoms with Gasteiger partial charge in [-0.2, -0.15) is 0 Å². The third-order valence-electron chi connectivity index (χ3n) is 2.73. The van der Waals surface area contributed by atoms with E-state index in [4.69, 9.17) is 17.3 Å². The SMILES string of the molecule is Cc1cc(Cl)c2nc(C)c(CCCN)n2c1. The Morgan fingerprint density at radius 1 is 1.44 bits per heavy atom. The van der Waals surface area contributed by atoms with E-state index in [1.54, 1.807) is 0 Å². The average molecular weight is 238 g/mol. The van der Waals surface area contributed by atoms with E-state index in [-0.39, 0.29) is 0 Å². The lowest BCUT2D eigenvalue weighted by Crippen LogP contribution is -2.03. The number of rotatable bonds is 3. The highest BCUT2D eigenvalue weighted by Gasteiger charge is 2.10. The van der Waals surface area contributed by atoms with Gasteiger partial charge >= 0.3 is 0 Å². The minimum atomic E-state index is 0.701. The van der Waals surface area contributed by atoms with Gasteiger partial charge in [-0.05, 0) is 44.9 Å². The lowest BCUT2D eigenvalue weighted by atomic mass is 10.2. The molecule has 3 nitrogen and oxygen atoms in total. The molecule has 0 aliphatic heterocycles. The Hall–Kier alpha value is -1.06. The summed E-state index contributed by atoms with van der Waals surface area (Å²) >= 11 is 6.17. The molecule has 0 aromatic carbocycles. The number of imidazole rings is 1. The fraction of sp³-hybridized carbons (Fsp3) is 0.417. The van der Waals surface area contributed by atoms with Crippen molar-refractivity contribution in [2.24, 2.45) is 5.73 Å². The van der Waals surface area contributed by atoms with Crippen molar-refractivity contribution >= 4 is 17.2 Å². The standard InChI is InChI=1S/C12H16ClN3/c1-8-6-10(13)12-15-9(2)11(4-3-5-14)16(12)7-8/h6-7H,3-5,14H2,1-2H3. The summed E-state index contributed by atoms with van der Waals surface area (Å²) in [6.07, 6.45) is 4.00. The zero-order chi connectivity index (χ0) is 11.7. The van der Waals surface area contributed by atoms with Gasteiger partial charge in [-0.15, -0.1) is 0 Å². The monoisotopic (exact) mass is 237 g/mol. The predicted molar refractivity (Wildman–Crippen MR) is 67.1 cm³/mol. The summed E-state index contributed by atoms with van der Waals surface area (Å²) in [5.41, 5.74) is 9.79. The van der Waals surface area contributed by atoms with Crippen molar-refractivity contribution in [1.29, 1.82) is 0 Å². The number of aryl methyl sites for hydroxylation is 3. The molecule has 0 fully saturated rings. The quantitative estimate of drug-likeness (QED) is 0.892. The van der Waals surface area contributed by atoms with Gasteiger partial charge in [-0.1, -0.05) is 11.6 Å². The first-order valence-electron chi connectivity index (χ1n) is 5.47. The number of nitrogens with zero attached hydrogens (tertiary/aromatic N) is 2. The van der Waals surface area contributed by atoms with Crippen molar-refractivity contribution in [3.05, 3.63) is 34.2 Å². The van der Waals surface area contributed by atoms with Crippen LogP contribution in [0.4, 0.5) is 0 Å². The predicted octanol–water partition coefficient (Wildman–Crippen LogP) is 2.50. The second-order valence-corrected chi connectivity index (χ2v) is 4.50. The van der Waals surface area contributed by atoms with Crippen molar-refractivity contribution < 1.29 is 0 Å². The molecule has 0 saturated heterocycles. The van der Waals surface area contributed by atoms with Gasteiger partial charge < -0.3 is 10.1 Å². The summed E-state index contributed by atoms with van der Waals surface area (Å²) in [7, 11) is 0. The summed E-state index contributed by atoms with van der Waals surface area (Å²) in [6, 6.07) is 1.94. The first-order valence-corrected chi connectivity index (χ1v) is 5.85. The Kier molecular flexibility index (Phi) is 3.17. The van der Waals surface area contributed by atoms with Crippen LogP contribution in [0, 0.1) is 13.8 Å². The van der Waals surface area contributed by atoms with Gasteiger partial charge in [0.15, 0.2) is 5.65 Å². The lowest BCUT2D eigenvalue weighted by molar-refractivity contribution is 0.796. The van der Waals surface area contributed by atoms with Crippen LogP contribution in [-0.4, -0.2) is 15.9 Å². The molecule has 0 atom stereocenters. The van der Waals surface area contributed by atoms with Gasteiger partial charge in [-0.25, -0.2) is 4.98 Å². The zero-order valence-electron chi connectivity index (χ0n) is 9.63. The molecule has 0 aliphatic rings. The molecule has 2 N–H and O–H groups in total. The fourth-order valence-electron chi connectivity index (χ4n) is 1.96. The van der Waals surface area contributed by atoms with E-state index in [9.17, 15) is 0 Å². The number of fused-ring (bicyclic) bond motifs is 1. The Morgan fingerprint density at radius 2 is 2.19 bits per heavy atom. The highest BCUT2D eigenvalue weighted by molar-refractivity contribution is 6.33. The van der Waals surface area contributed by atoms with Crippen LogP contribution in [0.2, 0.25) is 5.02 Å². The maximum Gasteiger partial charge on any atom is 0.156 e. The number of pyridine rings is 1. The van der Waals surface area contributed by atoms with Gasteiger partial charge in [-0.3, -0.25) is 0 Å². The van der Waals surface area contributed by atoms with E-state index in [1.165, 1.54) is 5.69 Å². The molecule has 0 saturated carbocycles. The highest BCUT2D eigenvalue weighted by atomic mass is 35.5. The molecule has 0 spiro atoms. The molecular formula is C12H16ClN3. The van der Waals surface area contributed by atoms with Crippen LogP contribution in [0.1, 0.15) is 23.4 Å². The molecule has 4 heteroatoms. The molecule has 2 aromatic rings. The Morgan fingerprint density at radius 3 is 2.88 bits per heavy atom. The van der Waals surface area contributed by atoms with Gasteiger partial charge in [0.25, 0.3) is 0 Å². The molecule has 0 bridgehead atoms. The Bertz CT molecular complexity index is 516. The first kappa shape index (κ1) is 11.4. The number of hydrogen-bond donors (Lipinski definition) is 1. The lowest BCUT2D eigenvalue weighted by Gasteiger charge is -2.04. The smallest absolute Gasteiger partial charge is 0.156 e. The van der Waals surface area contributed by atoms with Crippen LogP contribution in [0.3, 0.4) is 0 Å². The van der Waals surface area contributed by atoms with E-state index in [0.29, 0.717) is 11.6 Å². The molecular weight excluding hydrogens is 222 g/mol. The van der Waals surface area contributed by atoms with E-state index in [1.807, 2.05) is 19.9 Å². The number of halogens is 1. The minimum absolute atomic E-state index is 0.701. The van der Waals surface area contributed by atoms with Crippen LogP contribution in [0.5, 0.6) is 0 Å². The van der Waals surface area contributed by atoms with Crippen LogP contribution >= 0.6 is 11.6 Å². The van der Waals surface area contributed by atoms with E-state index >= 15 is 0 Å². The fourth-order valence-corrected chi connectivity index (χ4v) is 2.27. The molecule has 0 unspecified atom stereocenters. The van der Waals surface area contributed by atoms with Crippen LogP contribution in [-0.2, 0) is 6.42 Å². The minimum Gasteiger partial charge on any atom is -0.330 e. The summed E-state index contributed by atoms with van der Waals surface area (Å²) in [5, 5.41) is 0.710. The van der Waals surface area contributed by atoms with Crippen molar-refractivity contribution in [2.75, 3.05) is 6.54 Å². The van der Waals surface area contributed by atoms with Crippen LogP contribution in [0.25, 0.3) is 5.65 Å². The van der Waals surface area contributed by atoms with E-state index in [2.05, 4.69) is 15.6 Å². The third-order valence-corrected chi connectivity index (χ3v) is 3.01. The molecule has 0 aliphatic carbocycles.